The van der Waals surface area contributed by atoms with Crippen molar-refractivity contribution < 1.29 is 4.79 Å². The van der Waals surface area contributed by atoms with Crippen LogP contribution >= 0.6 is 0 Å². The first-order valence-corrected chi connectivity index (χ1v) is 10.7. The van der Waals surface area contributed by atoms with Crippen LogP contribution in [0, 0.1) is 5.92 Å². The predicted octanol–water partition coefficient (Wildman–Crippen LogP) is 3.49. The van der Waals surface area contributed by atoms with Gasteiger partial charge in [-0.05, 0) is 55.8 Å². The van der Waals surface area contributed by atoms with Gasteiger partial charge in [0.2, 0.25) is 0 Å². The fraction of sp³-hybridized carbons (Fsp3) is 0.591. The van der Waals surface area contributed by atoms with Gasteiger partial charge in [-0.25, -0.2) is 0 Å². The van der Waals surface area contributed by atoms with Gasteiger partial charge >= 0.3 is 0 Å². The molecule has 150 valence electrons. The molecule has 1 aliphatic heterocycles. The number of likely N-dealkylation sites (tertiary alicyclic amines) is 1. The van der Waals surface area contributed by atoms with Crippen molar-refractivity contribution in [1.82, 2.24) is 25.0 Å². The number of aromatic nitrogens is 3. The van der Waals surface area contributed by atoms with Crippen molar-refractivity contribution in [3.8, 4) is 0 Å². The minimum atomic E-state index is 0.0242. The zero-order valence-electron chi connectivity index (χ0n) is 16.6. The molecule has 6 nitrogen and oxygen atoms in total. The SMILES string of the molecule is O=C(c1ccn[nH]1)N(Cc1cccnc1)C[C@@H]1CCCN(C2CCCCC2)C1. The van der Waals surface area contributed by atoms with Gasteiger partial charge in [-0.2, -0.15) is 5.10 Å². The minimum Gasteiger partial charge on any atom is -0.333 e. The molecule has 2 fully saturated rings. The Hall–Kier alpha value is -2.21. The largest absolute Gasteiger partial charge is 0.333 e. The molecule has 4 rings (SSSR count). The molecule has 3 heterocycles. The summed E-state index contributed by atoms with van der Waals surface area (Å²) in [7, 11) is 0. The van der Waals surface area contributed by atoms with Gasteiger partial charge in [0.05, 0.1) is 0 Å². The van der Waals surface area contributed by atoms with Gasteiger partial charge in [0.25, 0.3) is 5.91 Å². The Morgan fingerprint density at radius 3 is 2.79 bits per heavy atom. The van der Waals surface area contributed by atoms with Crippen LogP contribution in [0.1, 0.15) is 61.0 Å². The van der Waals surface area contributed by atoms with Crippen LogP contribution in [0.3, 0.4) is 0 Å². The molecule has 1 saturated carbocycles. The van der Waals surface area contributed by atoms with Crippen LogP contribution in [0.4, 0.5) is 0 Å². The van der Waals surface area contributed by atoms with Crippen LogP contribution in [-0.2, 0) is 6.54 Å². The van der Waals surface area contributed by atoms with E-state index in [9.17, 15) is 4.79 Å². The van der Waals surface area contributed by atoms with E-state index in [1.807, 2.05) is 23.2 Å². The van der Waals surface area contributed by atoms with Gasteiger partial charge in [-0.1, -0.05) is 25.3 Å². The maximum absolute atomic E-state index is 13.1. The summed E-state index contributed by atoms with van der Waals surface area (Å²) < 4.78 is 0. The number of nitrogens with one attached hydrogen (secondary N) is 1. The number of H-pyrrole nitrogens is 1. The molecule has 1 aliphatic carbocycles. The molecule has 28 heavy (non-hydrogen) atoms. The third kappa shape index (κ3) is 4.79. The molecule has 0 aromatic carbocycles. The summed E-state index contributed by atoms with van der Waals surface area (Å²) in [5.74, 6) is 0.551. The monoisotopic (exact) mass is 381 g/mol. The van der Waals surface area contributed by atoms with E-state index in [0.29, 0.717) is 18.2 Å². The lowest BCUT2D eigenvalue weighted by atomic mass is 9.90. The standard InChI is InChI=1S/C22H31N5O/c28-22(21-10-12-24-25-21)27(15-18-6-4-11-23-14-18)17-19-7-5-13-26(16-19)20-8-2-1-3-9-20/h4,6,10-12,14,19-20H,1-3,5,7-9,13,15-17H2,(H,24,25)/t19-/m1/s1. The van der Waals surface area contributed by atoms with E-state index < -0.39 is 0 Å². The van der Waals surface area contributed by atoms with E-state index in [2.05, 4.69) is 20.1 Å². The number of pyridine rings is 1. The third-order valence-electron chi connectivity index (χ3n) is 6.23. The summed E-state index contributed by atoms with van der Waals surface area (Å²) in [4.78, 5) is 22.0. The number of amides is 1. The second-order valence-electron chi connectivity index (χ2n) is 8.31. The highest BCUT2D eigenvalue weighted by atomic mass is 16.2. The summed E-state index contributed by atoms with van der Waals surface area (Å²) in [6.45, 7) is 3.71. The second-order valence-corrected chi connectivity index (χ2v) is 8.31. The molecule has 2 aromatic rings. The van der Waals surface area contributed by atoms with Crippen LogP contribution in [0.25, 0.3) is 0 Å². The van der Waals surface area contributed by atoms with E-state index in [1.165, 1.54) is 51.5 Å². The van der Waals surface area contributed by atoms with Gasteiger partial charge in [-0.15, -0.1) is 0 Å². The van der Waals surface area contributed by atoms with E-state index in [4.69, 9.17) is 0 Å². The first-order valence-electron chi connectivity index (χ1n) is 10.7. The molecule has 2 aliphatic rings. The fourth-order valence-electron chi connectivity index (χ4n) is 4.81. The summed E-state index contributed by atoms with van der Waals surface area (Å²) in [6.07, 6.45) is 14.5. The molecule has 1 saturated heterocycles. The number of hydrogen-bond acceptors (Lipinski definition) is 4. The van der Waals surface area contributed by atoms with Gasteiger partial charge in [0, 0.05) is 44.3 Å². The van der Waals surface area contributed by atoms with Gasteiger partial charge in [0.1, 0.15) is 5.69 Å². The lowest BCUT2D eigenvalue weighted by molar-refractivity contribution is 0.0579. The zero-order valence-corrected chi connectivity index (χ0v) is 16.6. The highest BCUT2D eigenvalue weighted by molar-refractivity contribution is 5.92. The highest BCUT2D eigenvalue weighted by Gasteiger charge is 2.29. The van der Waals surface area contributed by atoms with Crippen molar-refractivity contribution in [3.05, 3.63) is 48.0 Å². The molecular formula is C22H31N5O. The molecule has 0 unspecified atom stereocenters. The number of nitrogens with zero attached hydrogens (tertiary/aromatic N) is 4. The number of carbonyl (C=O) groups excluding carboxylic acids is 1. The summed E-state index contributed by atoms with van der Waals surface area (Å²) >= 11 is 0. The normalized spacial score (nSPS) is 21.5. The molecule has 0 bridgehead atoms. The molecule has 0 radical (unpaired) electrons. The van der Waals surface area contributed by atoms with Gasteiger partial charge in [-0.3, -0.25) is 14.9 Å². The Balaban J connectivity index is 1.44. The number of hydrogen-bond donors (Lipinski definition) is 1. The molecule has 0 spiro atoms. The number of aromatic amines is 1. The highest BCUT2D eigenvalue weighted by Crippen LogP contribution is 2.28. The molecular weight excluding hydrogens is 350 g/mol. The summed E-state index contributed by atoms with van der Waals surface area (Å²) in [6, 6.07) is 6.48. The smallest absolute Gasteiger partial charge is 0.272 e. The Bertz CT molecular complexity index is 727. The molecule has 6 heteroatoms. The maximum Gasteiger partial charge on any atom is 0.272 e. The van der Waals surface area contributed by atoms with Crippen molar-refractivity contribution in [2.45, 2.75) is 57.5 Å². The Kier molecular flexibility index (Phi) is 6.37. The van der Waals surface area contributed by atoms with Crippen molar-refractivity contribution in [2.24, 2.45) is 5.92 Å². The van der Waals surface area contributed by atoms with Crippen LogP contribution in [0.2, 0.25) is 0 Å². The average Bonchev–Trinajstić information content (AvgIpc) is 3.29. The van der Waals surface area contributed by atoms with Gasteiger partial charge in [0.15, 0.2) is 0 Å². The van der Waals surface area contributed by atoms with E-state index in [0.717, 1.165) is 24.7 Å². The number of carbonyl (C=O) groups is 1. The van der Waals surface area contributed by atoms with Crippen LogP contribution in [0.5, 0.6) is 0 Å². The molecule has 1 atom stereocenters. The predicted molar refractivity (Wildman–Crippen MR) is 109 cm³/mol. The number of rotatable bonds is 6. The zero-order chi connectivity index (χ0) is 19.2. The van der Waals surface area contributed by atoms with Gasteiger partial charge < -0.3 is 9.80 Å². The third-order valence-corrected chi connectivity index (χ3v) is 6.23. The lowest BCUT2D eigenvalue weighted by Crippen LogP contribution is -2.47. The topological polar surface area (TPSA) is 65.1 Å². The minimum absolute atomic E-state index is 0.0242. The van der Waals surface area contributed by atoms with E-state index >= 15 is 0 Å². The van der Waals surface area contributed by atoms with E-state index in [1.54, 1.807) is 18.5 Å². The summed E-state index contributed by atoms with van der Waals surface area (Å²) in [5, 5.41) is 6.79. The van der Waals surface area contributed by atoms with E-state index in [-0.39, 0.29) is 5.91 Å². The van der Waals surface area contributed by atoms with Crippen molar-refractivity contribution >= 4 is 5.91 Å². The Morgan fingerprint density at radius 2 is 2.04 bits per heavy atom. The molecule has 1 N–H and O–H groups in total. The fourth-order valence-corrected chi connectivity index (χ4v) is 4.81. The molecule has 1 amide bonds. The first-order chi connectivity index (χ1) is 13.8. The average molecular weight is 382 g/mol. The second kappa shape index (κ2) is 9.32. The lowest BCUT2D eigenvalue weighted by Gasteiger charge is -2.41. The maximum atomic E-state index is 13.1. The summed E-state index contributed by atoms with van der Waals surface area (Å²) in [5.41, 5.74) is 1.62. The first kappa shape index (κ1) is 19.1. The molecule has 2 aromatic heterocycles. The van der Waals surface area contributed by atoms with Crippen LogP contribution < -0.4 is 0 Å². The van der Waals surface area contributed by atoms with Crippen molar-refractivity contribution in [2.75, 3.05) is 19.6 Å². The number of piperidine rings is 1. The van der Waals surface area contributed by atoms with Crippen LogP contribution in [0.15, 0.2) is 36.8 Å². The van der Waals surface area contributed by atoms with Crippen molar-refractivity contribution in [3.63, 3.8) is 0 Å². The van der Waals surface area contributed by atoms with Crippen LogP contribution in [-0.4, -0.2) is 56.6 Å². The van der Waals surface area contributed by atoms with Crippen molar-refractivity contribution in [1.29, 1.82) is 0 Å². The quantitative estimate of drug-likeness (QED) is 0.832. The Labute approximate surface area is 167 Å². The Morgan fingerprint density at radius 1 is 1.14 bits per heavy atom.